The minimum absolute atomic E-state index is 0.0645. The van der Waals surface area contributed by atoms with Crippen LogP contribution in [0.1, 0.15) is 55.7 Å². The van der Waals surface area contributed by atoms with Gasteiger partial charge in [0.05, 0.1) is 18.7 Å². The monoisotopic (exact) mass is 361 g/mol. The average Bonchev–Trinajstić information content (AvgIpc) is 2.96. The van der Waals surface area contributed by atoms with Crippen LogP contribution in [0.25, 0.3) is 0 Å². The van der Waals surface area contributed by atoms with Gasteiger partial charge in [-0.2, -0.15) is 5.26 Å². The van der Waals surface area contributed by atoms with E-state index in [1.54, 1.807) is 0 Å². The highest BCUT2D eigenvalue weighted by atomic mass is 16.2. The lowest BCUT2D eigenvalue weighted by atomic mass is 9.92. The van der Waals surface area contributed by atoms with Crippen molar-refractivity contribution in [2.24, 2.45) is 0 Å². The van der Waals surface area contributed by atoms with Crippen molar-refractivity contribution in [3.05, 3.63) is 71.8 Å². The molecular formula is C23H27N3O. The highest BCUT2D eigenvalue weighted by molar-refractivity contribution is 5.79. The van der Waals surface area contributed by atoms with Crippen LogP contribution in [-0.2, 0) is 4.79 Å². The van der Waals surface area contributed by atoms with E-state index >= 15 is 0 Å². The molecule has 2 N–H and O–H groups in total. The summed E-state index contributed by atoms with van der Waals surface area (Å²) in [6.45, 7) is 0.178. The van der Waals surface area contributed by atoms with Gasteiger partial charge < -0.3 is 5.32 Å². The van der Waals surface area contributed by atoms with Gasteiger partial charge in [0.1, 0.15) is 5.54 Å². The number of hydrogen-bond donors (Lipinski definition) is 2. The first-order valence-corrected chi connectivity index (χ1v) is 9.78. The Bertz CT molecular complexity index is 720. The zero-order valence-electron chi connectivity index (χ0n) is 15.7. The second-order valence-electron chi connectivity index (χ2n) is 7.29. The van der Waals surface area contributed by atoms with Crippen molar-refractivity contribution < 1.29 is 4.79 Å². The molecule has 0 spiro atoms. The number of nitrogens with zero attached hydrogens (tertiary/aromatic N) is 1. The quantitative estimate of drug-likeness (QED) is 0.762. The number of carbonyl (C=O) groups is 1. The first-order chi connectivity index (χ1) is 13.2. The van der Waals surface area contributed by atoms with Crippen molar-refractivity contribution in [2.45, 2.75) is 50.1 Å². The largest absolute Gasteiger partial charge is 0.337 e. The molecule has 0 radical (unpaired) electrons. The third kappa shape index (κ3) is 5.18. The third-order valence-corrected chi connectivity index (χ3v) is 5.28. The van der Waals surface area contributed by atoms with Crippen molar-refractivity contribution >= 4 is 5.91 Å². The van der Waals surface area contributed by atoms with Gasteiger partial charge in [-0.25, -0.2) is 0 Å². The number of carbonyl (C=O) groups excluding carboxylic acids is 1. The van der Waals surface area contributed by atoms with E-state index in [1.165, 1.54) is 0 Å². The molecule has 1 aliphatic rings. The molecule has 0 bridgehead atoms. The third-order valence-electron chi connectivity index (χ3n) is 5.28. The van der Waals surface area contributed by atoms with Gasteiger partial charge in [0.15, 0.2) is 0 Å². The zero-order chi connectivity index (χ0) is 19.0. The molecule has 1 aliphatic carbocycles. The lowest BCUT2D eigenvalue weighted by Gasteiger charge is -2.27. The minimum atomic E-state index is -0.704. The van der Waals surface area contributed by atoms with Crippen molar-refractivity contribution in [3.8, 4) is 6.07 Å². The van der Waals surface area contributed by atoms with Gasteiger partial charge in [-0.15, -0.1) is 0 Å². The first-order valence-electron chi connectivity index (χ1n) is 9.78. The molecule has 140 valence electrons. The summed E-state index contributed by atoms with van der Waals surface area (Å²) < 4.78 is 0. The van der Waals surface area contributed by atoms with Gasteiger partial charge in [-0.05, 0) is 24.0 Å². The summed E-state index contributed by atoms with van der Waals surface area (Å²) in [7, 11) is 0. The summed E-state index contributed by atoms with van der Waals surface area (Å²) in [4.78, 5) is 12.6. The van der Waals surface area contributed by atoms with Crippen molar-refractivity contribution in [1.82, 2.24) is 10.6 Å². The summed E-state index contributed by atoms with van der Waals surface area (Å²) in [6, 6.07) is 22.5. The fourth-order valence-electron chi connectivity index (χ4n) is 3.82. The average molecular weight is 361 g/mol. The van der Waals surface area contributed by atoms with E-state index in [2.05, 4.69) is 41.0 Å². The number of rotatable bonds is 6. The fraction of sp³-hybridized carbons (Fsp3) is 0.391. The highest BCUT2D eigenvalue weighted by Crippen LogP contribution is 2.26. The Hall–Kier alpha value is -2.64. The molecule has 2 aromatic carbocycles. The van der Waals surface area contributed by atoms with E-state index in [0.29, 0.717) is 0 Å². The van der Waals surface area contributed by atoms with E-state index in [-0.39, 0.29) is 18.5 Å². The minimum Gasteiger partial charge on any atom is -0.337 e. The summed E-state index contributed by atoms with van der Waals surface area (Å²) in [5.41, 5.74) is 1.52. The summed E-state index contributed by atoms with van der Waals surface area (Å²) in [5.74, 6) is -0.115. The summed E-state index contributed by atoms with van der Waals surface area (Å²) >= 11 is 0. The van der Waals surface area contributed by atoms with Gasteiger partial charge in [0.2, 0.25) is 5.91 Å². The molecular weight excluding hydrogens is 334 g/mol. The molecule has 0 atom stereocenters. The predicted octanol–water partition coefficient (Wildman–Crippen LogP) is 4.10. The Kier molecular flexibility index (Phi) is 6.62. The molecule has 4 nitrogen and oxygen atoms in total. The summed E-state index contributed by atoms with van der Waals surface area (Å²) in [5, 5.41) is 16.1. The molecule has 1 amide bonds. The maximum absolute atomic E-state index is 12.6. The molecule has 27 heavy (non-hydrogen) atoms. The van der Waals surface area contributed by atoms with Crippen LogP contribution in [-0.4, -0.2) is 18.0 Å². The zero-order valence-corrected chi connectivity index (χ0v) is 15.7. The van der Waals surface area contributed by atoms with Gasteiger partial charge in [-0.3, -0.25) is 10.1 Å². The Labute approximate surface area is 161 Å². The van der Waals surface area contributed by atoms with Crippen molar-refractivity contribution in [1.29, 1.82) is 5.26 Å². The number of benzene rings is 2. The number of hydrogen-bond acceptors (Lipinski definition) is 3. The van der Waals surface area contributed by atoms with Gasteiger partial charge in [0, 0.05) is 0 Å². The van der Waals surface area contributed by atoms with Crippen LogP contribution in [0, 0.1) is 11.3 Å². The number of nitrogens with one attached hydrogen (secondary N) is 2. The highest BCUT2D eigenvalue weighted by Gasteiger charge is 2.32. The molecule has 0 aromatic heterocycles. The normalized spacial score (nSPS) is 16.3. The molecule has 1 saturated carbocycles. The number of amides is 1. The van der Waals surface area contributed by atoms with Crippen LogP contribution < -0.4 is 10.6 Å². The Morgan fingerprint density at radius 1 is 0.926 bits per heavy atom. The molecule has 0 aliphatic heterocycles. The lowest BCUT2D eigenvalue weighted by Crippen LogP contribution is -2.50. The fourth-order valence-corrected chi connectivity index (χ4v) is 3.82. The van der Waals surface area contributed by atoms with E-state index < -0.39 is 5.54 Å². The lowest BCUT2D eigenvalue weighted by molar-refractivity contribution is -0.121. The van der Waals surface area contributed by atoms with Gasteiger partial charge in [0.25, 0.3) is 0 Å². The Morgan fingerprint density at radius 2 is 1.44 bits per heavy atom. The topological polar surface area (TPSA) is 64.9 Å². The number of nitriles is 1. The second-order valence-corrected chi connectivity index (χ2v) is 7.29. The molecule has 4 heteroatoms. The van der Waals surface area contributed by atoms with Crippen LogP contribution in [0.3, 0.4) is 0 Å². The molecule has 3 rings (SSSR count). The molecule has 0 saturated heterocycles. The van der Waals surface area contributed by atoms with Gasteiger partial charge in [-0.1, -0.05) is 86.3 Å². The van der Waals surface area contributed by atoms with Crippen molar-refractivity contribution in [3.63, 3.8) is 0 Å². The maximum atomic E-state index is 12.6. The van der Waals surface area contributed by atoms with E-state index in [1.807, 2.05) is 36.4 Å². The first kappa shape index (κ1) is 19.1. The predicted molar refractivity (Wildman–Crippen MR) is 107 cm³/mol. The molecule has 0 unspecified atom stereocenters. The van der Waals surface area contributed by atoms with Crippen LogP contribution in [0.2, 0.25) is 0 Å². The smallest absolute Gasteiger partial charge is 0.235 e. The van der Waals surface area contributed by atoms with Gasteiger partial charge >= 0.3 is 0 Å². The molecule has 1 fully saturated rings. The van der Waals surface area contributed by atoms with Crippen LogP contribution in [0.5, 0.6) is 0 Å². The van der Waals surface area contributed by atoms with Crippen LogP contribution in [0.15, 0.2) is 60.7 Å². The molecule has 2 aromatic rings. The van der Waals surface area contributed by atoms with E-state index in [0.717, 1.165) is 49.7 Å². The van der Waals surface area contributed by atoms with Crippen LogP contribution in [0.4, 0.5) is 0 Å². The summed E-state index contributed by atoms with van der Waals surface area (Å²) in [6.07, 6.45) is 5.77. The molecule has 0 heterocycles. The second kappa shape index (κ2) is 9.34. The van der Waals surface area contributed by atoms with Crippen LogP contribution >= 0.6 is 0 Å². The van der Waals surface area contributed by atoms with Crippen molar-refractivity contribution in [2.75, 3.05) is 6.54 Å². The SMILES string of the molecule is N#CC1(NC(=O)CNC(c2ccccc2)c2ccccc2)CCCCCC1. The standard InChI is InChI=1S/C23H27N3O/c24-18-23(15-9-1-2-10-16-23)26-21(27)17-25-22(19-11-5-3-6-12-19)20-13-7-4-8-14-20/h3-8,11-14,22,25H,1-2,9-10,15-17H2,(H,26,27). The van der Waals surface area contributed by atoms with E-state index in [4.69, 9.17) is 0 Å². The Morgan fingerprint density at radius 3 is 1.93 bits per heavy atom. The van der Waals surface area contributed by atoms with E-state index in [9.17, 15) is 10.1 Å². The Balaban J connectivity index is 1.68. The maximum Gasteiger partial charge on any atom is 0.235 e.